The number of anilines is 1. The van der Waals surface area contributed by atoms with Crippen LogP contribution in [-0.4, -0.2) is 43.3 Å². The van der Waals surface area contributed by atoms with E-state index in [4.69, 9.17) is 0 Å². The van der Waals surface area contributed by atoms with Crippen molar-refractivity contribution in [1.82, 2.24) is 29.6 Å². The van der Waals surface area contributed by atoms with E-state index in [9.17, 15) is 4.79 Å². The molecule has 0 aromatic carbocycles. The van der Waals surface area contributed by atoms with Gasteiger partial charge >= 0.3 is 0 Å². The molecule has 8 nitrogen and oxygen atoms in total. The molecule has 130 valence electrons. The number of hydrogen-bond donors (Lipinski definition) is 2. The molecule has 3 aromatic heterocycles. The van der Waals surface area contributed by atoms with Gasteiger partial charge in [-0.1, -0.05) is 0 Å². The number of aryl methyl sites for hydroxylation is 1. The quantitative estimate of drug-likeness (QED) is 0.638. The molecule has 25 heavy (non-hydrogen) atoms. The molecule has 0 fully saturated rings. The van der Waals surface area contributed by atoms with Crippen LogP contribution in [0, 0.1) is 6.92 Å². The number of aromatic nitrogens is 5. The summed E-state index contributed by atoms with van der Waals surface area (Å²) in [6, 6.07) is 7.23. The van der Waals surface area contributed by atoms with E-state index in [2.05, 4.69) is 25.7 Å². The Morgan fingerprint density at radius 1 is 1.16 bits per heavy atom. The van der Waals surface area contributed by atoms with Crippen molar-refractivity contribution < 1.29 is 4.79 Å². The van der Waals surface area contributed by atoms with Crippen LogP contribution in [0.1, 0.15) is 18.8 Å². The molecule has 0 saturated heterocycles. The molecule has 0 radical (unpaired) electrons. The molecule has 0 aliphatic carbocycles. The molecule has 0 aliphatic heterocycles. The maximum atomic E-state index is 12.1. The second-order valence-corrected chi connectivity index (χ2v) is 5.63. The van der Waals surface area contributed by atoms with Gasteiger partial charge in [0.15, 0.2) is 0 Å². The summed E-state index contributed by atoms with van der Waals surface area (Å²) in [5, 5.41) is 10.2. The van der Waals surface area contributed by atoms with E-state index in [0.717, 1.165) is 11.6 Å². The Kier molecular flexibility index (Phi) is 5.08. The third-order valence-electron chi connectivity index (χ3n) is 3.72. The predicted octanol–water partition coefficient (Wildman–Crippen LogP) is 1.56. The van der Waals surface area contributed by atoms with Gasteiger partial charge in [0.2, 0.25) is 5.91 Å². The Bertz CT molecular complexity index is 812. The highest BCUT2D eigenvalue weighted by Gasteiger charge is 2.13. The number of amides is 1. The highest BCUT2D eigenvalue weighted by molar-refractivity contribution is 5.79. The zero-order valence-electron chi connectivity index (χ0n) is 14.3. The van der Waals surface area contributed by atoms with Gasteiger partial charge in [0.25, 0.3) is 0 Å². The molecule has 3 rings (SSSR count). The summed E-state index contributed by atoms with van der Waals surface area (Å²) in [4.78, 5) is 20.9. The zero-order valence-corrected chi connectivity index (χ0v) is 14.3. The first-order chi connectivity index (χ1) is 12.1. The van der Waals surface area contributed by atoms with Crippen molar-refractivity contribution in [1.29, 1.82) is 0 Å². The lowest BCUT2D eigenvalue weighted by Gasteiger charge is -2.13. The minimum atomic E-state index is -0.336. The van der Waals surface area contributed by atoms with Crippen molar-refractivity contribution in [3.05, 3.63) is 54.9 Å². The standard InChI is InChI=1S/C17H21N7O/c1-13(24-11-5-6-20-24)17(25)19-8-7-18-15-12-16(22-14(2)21-15)23-9-3-4-10-23/h3-6,9-13H,7-8H2,1-2H3,(H,19,25)(H,18,21,22). The van der Waals surface area contributed by atoms with Crippen LogP contribution in [0.25, 0.3) is 5.82 Å². The fourth-order valence-electron chi connectivity index (χ4n) is 2.42. The first-order valence-corrected chi connectivity index (χ1v) is 8.13. The summed E-state index contributed by atoms with van der Waals surface area (Å²) in [6.07, 6.45) is 7.30. The summed E-state index contributed by atoms with van der Waals surface area (Å²) in [5.41, 5.74) is 0. The van der Waals surface area contributed by atoms with E-state index in [1.807, 2.05) is 49.0 Å². The van der Waals surface area contributed by atoms with E-state index in [1.54, 1.807) is 23.1 Å². The molecule has 0 bridgehead atoms. The van der Waals surface area contributed by atoms with E-state index >= 15 is 0 Å². The molecular formula is C17H21N7O. The first-order valence-electron chi connectivity index (χ1n) is 8.13. The molecule has 1 amide bonds. The molecule has 8 heteroatoms. The molecule has 3 heterocycles. The smallest absolute Gasteiger partial charge is 0.244 e. The number of hydrogen-bond acceptors (Lipinski definition) is 5. The minimum absolute atomic E-state index is 0.0719. The average molecular weight is 339 g/mol. The molecule has 2 N–H and O–H groups in total. The second-order valence-electron chi connectivity index (χ2n) is 5.63. The highest BCUT2D eigenvalue weighted by atomic mass is 16.2. The minimum Gasteiger partial charge on any atom is -0.368 e. The fraction of sp³-hybridized carbons (Fsp3) is 0.294. The van der Waals surface area contributed by atoms with Crippen LogP contribution < -0.4 is 10.6 Å². The Hall–Kier alpha value is -3.16. The molecule has 0 spiro atoms. The Morgan fingerprint density at radius 3 is 2.68 bits per heavy atom. The van der Waals surface area contributed by atoms with Crippen molar-refractivity contribution in [3.63, 3.8) is 0 Å². The average Bonchev–Trinajstić information content (AvgIpc) is 3.31. The van der Waals surface area contributed by atoms with Gasteiger partial charge in [-0.3, -0.25) is 9.48 Å². The zero-order chi connectivity index (χ0) is 17.6. The molecule has 0 aliphatic rings. The summed E-state index contributed by atoms with van der Waals surface area (Å²) < 4.78 is 3.55. The van der Waals surface area contributed by atoms with Crippen molar-refractivity contribution >= 4 is 11.7 Å². The first kappa shape index (κ1) is 16.7. The second kappa shape index (κ2) is 7.61. The van der Waals surface area contributed by atoms with Gasteiger partial charge in [-0.15, -0.1) is 0 Å². The number of nitrogens with zero attached hydrogens (tertiary/aromatic N) is 5. The summed E-state index contributed by atoms with van der Waals surface area (Å²) >= 11 is 0. The Balaban J connectivity index is 1.51. The van der Waals surface area contributed by atoms with Crippen LogP contribution in [0.3, 0.4) is 0 Å². The van der Waals surface area contributed by atoms with Crippen molar-refractivity contribution in [2.75, 3.05) is 18.4 Å². The van der Waals surface area contributed by atoms with Crippen molar-refractivity contribution in [3.8, 4) is 5.82 Å². The summed E-state index contributed by atoms with van der Waals surface area (Å²) in [5.74, 6) is 2.14. The number of carbonyl (C=O) groups is 1. The summed E-state index contributed by atoms with van der Waals surface area (Å²) in [6.45, 7) is 4.73. The molecule has 3 aromatic rings. The Morgan fingerprint density at radius 2 is 1.96 bits per heavy atom. The van der Waals surface area contributed by atoms with Gasteiger partial charge in [-0.05, 0) is 32.0 Å². The lowest BCUT2D eigenvalue weighted by atomic mass is 10.3. The maximum absolute atomic E-state index is 12.1. The molecule has 1 unspecified atom stereocenters. The lowest BCUT2D eigenvalue weighted by molar-refractivity contribution is -0.124. The van der Waals surface area contributed by atoms with E-state index in [-0.39, 0.29) is 11.9 Å². The molecule has 1 atom stereocenters. The van der Waals surface area contributed by atoms with Gasteiger partial charge in [0, 0.05) is 43.9 Å². The SMILES string of the molecule is Cc1nc(NCCNC(=O)C(C)n2cccn2)cc(-n2cccc2)n1. The highest BCUT2D eigenvalue weighted by Crippen LogP contribution is 2.11. The number of carbonyl (C=O) groups excluding carboxylic acids is 1. The fourth-order valence-corrected chi connectivity index (χ4v) is 2.42. The van der Waals surface area contributed by atoms with Gasteiger partial charge in [-0.2, -0.15) is 5.10 Å². The summed E-state index contributed by atoms with van der Waals surface area (Å²) in [7, 11) is 0. The van der Waals surface area contributed by atoms with Crippen LogP contribution >= 0.6 is 0 Å². The number of nitrogens with one attached hydrogen (secondary N) is 2. The van der Waals surface area contributed by atoms with Crippen LogP contribution in [0.4, 0.5) is 5.82 Å². The van der Waals surface area contributed by atoms with E-state index in [0.29, 0.717) is 18.9 Å². The van der Waals surface area contributed by atoms with Gasteiger partial charge in [0.1, 0.15) is 23.5 Å². The third-order valence-corrected chi connectivity index (χ3v) is 3.72. The molecule has 0 saturated carbocycles. The van der Waals surface area contributed by atoms with Gasteiger partial charge in [-0.25, -0.2) is 9.97 Å². The predicted molar refractivity (Wildman–Crippen MR) is 94.5 cm³/mol. The van der Waals surface area contributed by atoms with E-state index < -0.39 is 0 Å². The topological polar surface area (TPSA) is 89.7 Å². The van der Waals surface area contributed by atoms with E-state index in [1.165, 1.54) is 0 Å². The Labute approximate surface area is 145 Å². The third kappa shape index (κ3) is 4.23. The van der Waals surface area contributed by atoms with Gasteiger partial charge in [0.05, 0.1) is 0 Å². The van der Waals surface area contributed by atoms with Crippen LogP contribution in [0.5, 0.6) is 0 Å². The largest absolute Gasteiger partial charge is 0.368 e. The lowest BCUT2D eigenvalue weighted by Crippen LogP contribution is -2.34. The van der Waals surface area contributed by atoms with Crippen molar-refractivity contribution in [2.45, 2.75) is 19.9 Å². The normalized spacial score (nSPS) is 11.9. The maximum Gasteiger partial charge on any atom is 0.244 e. The van der Waals surface area contributed by atoms with Crippen LogP contribution in [0.2, 0.25) is 0 Å². The van der Waals surface area contributed by atoms with Crippen molar-refractivity contribution in [2.24, 2.45) is 0 Å². The van der Waals surface area contributed by atoms with Crippen LogP contribution in [-0.2, 0) is 4.79 Å². The van der Waals surface area contributed by atoms with Crippen LogP contribution in [0.15, 0.2) is 49.1 Å². The van der Waals surface area contributed by atoms with Gasteiger partial charge < -0.3 is 15.2 Å². The molecular weight excluding hydrogens is 318 g/mol. The monoisotopic (exact) mass is 339 g/mol. The number of rotatable bonds is 7.